The first-order valence-electron chi connectivity index (χ1n) is 11.9. The summed E-state index contributed by atoms with van der Waals surface area (Å²) in [6.07, 6.45) is 7.24. The lowest BCUT2D eigenvalue weighted by Gasteiger charge is -2.18. The first-order chi connectivity index (χ1) is 13.3. The van der Waals surface area contributed by atoms with Crippen molar-refractivity contribution in [1.29, 1.82) is 0 Å². The Labute approximate surface area is 189 Å². The van der Waals surface area contributed by atoms with Gasteiger partial charge < -0.3 is 0 Å². The summed E-state index contributed by atoms with van der Waals surface area (Å²) in [5, 5.41) is 0. The van der Waals surface area contributed by atoms with Crippen LogP contribution in [0.1, 0.15) is 135 Å². The standard InChI is InChI=1S/C11H22O.2C8H16O/c1-5-6-7-8-9-10(12)11(2,3)4;1-6(2)7(9)8(3,4)5;1-5-6-7(9)8(2,3)4/h5-9H2,1-4H3;6H,1-5H3;5-6H2,1-4H3. The third kappa shape index (κ3) is 20.3. The van der Waals surface area contributed by atoms with Gasteiger partial charge in [0, 0.05) is 35.0 Å². The molecule has 0 aliphatic heterocycles. The lowest BCUT2D eigenvalue weighted by atomic mass is 9.85. The maximum absolute atomic E-state index is 11.4. The Morgan fingerprint density at radius 1 is 0.567 bits per heavy atom. The largest absolute Gasteiger partial charge is 0.299 e. The van der Waals surface area contributed by atoms with Gasteiger partial charge in [-0.25, -0.2) is 0 Å². The average molecular weight is 427 g/mol. The molecule has 0 aliphatic carbocycles. The molecule has 0 radical (unpaired) electrons. The van der Waals surface area contributed by atoms with Crippen molar-refractivity contribution in [2.45, 2.75) is 135 Å². The smallest absolute Gasteiger partial charge is 0.140 e. The summed E-state index contributed by atoms with van der Waals surface area (Å²) in [7, 11) is 0. The first-order valence-corrected chi connectivity index (χ1v) is 11.9. The van der Waals surface area contributed by atoms with E-state index >= 15 is 0 Å². The van der Waals surface area contributed by atoms with Crippen LogP contribution in [0.25, 0.3) is 0 Å². The lowest BCUT2D eigenvalue weighted by Crippen LogP contribution is -2.24. The number of hydrogen-bond acceptors (Lipinski definition) is 3. The van der Waals surface area contributed by atoms with E-state index in [1.807, 2.05) is 83.1 Å². The van der Waals surface area contributed by atoms with Gasteiger partial charge in [-0.3, -0.25) is 14.4 Å². The Hall–Kier alpha value is -0.990. The third-order valence-corrected chi connectivity index (χ3v) is 4.67. The van der Waals surface area contributed by atoms with Crippen LogP contribution in [0.5, 0.6) is 0 Å². The van der Waals surface area contributed by atoms with Crippen LogP contribution in [0.4, 0.5) is 0 Å². The molecular formula is C27H54O3. The number of carbonyl (C=O) groups is 3. The van der Waals surface area contributed by atoms with Crippen LogP contribution < -0.4 is 0 Å². The van der Waals surface area contributed by atoms with E-state index in [-0.39, 0.29) is 22.2 Å². The van der Waals surface area contributed by atoms with Crippen LogP contribution in [-0.4, -0.2) is 17.3 Å². The van der Waals surface area contributed by atoms with Gasteiger partial charge in [-0.15, -0.1) is 0 Å². The monoisotopic (exact) mass is 426 g/mol. The molecule has 0 aromatic heterocycles. The van der Waals surface area contributed by atoms with Crippen molar-refractivity contribution >= 4 is 17.3 Å². The first kappa shape index (κ1) is 33.6. The quantitative estimate of drug-likeness (QED) is 0.367. The van der Waals surface area contributed by atoms with Crippen molar-refractivity contribution in [1.82, 2.24) is 0 Å². The molecule has 0 aromatic rings. The van der Waals surface area contributed by atoms with E-state index in [0.717, 1.165) is 25.7 Å². The van der Waals surface area contributed by atoms with E-state index in [9.17, 15) is 14.4 Å². The highest BCUT2D eigenvalue weighted by atomic mass is 16.1. The summed E-state index contributed by atoms with van der Waals surface area (Å²) in [4.78, 5) is 33.7. The number of unbranched alkanes of at least 4 members (excludes halogenated alkanes) is 3. The molecule has 0 heterocycles. The minimum Gasteiger partial charge on any atom is -0.299 e. The van der Waals surface area contributed by atoms with Gasteiger partial charge in [0.1, 0.15) is 17.3 Å². The van der Waals surface area contributed by atoms with Crippen molar-refractivity contribution in [3.63, 3.8) is 0 Å². The number of ketones is 3. The van der Waals surface area contributed by atoms with Crippen LogP contribution >= 0.6 is 0 Å². The van der Waals surface area contributed by atoms with Crippen molar-refractivity contribution in [3.05, 3.63) is 0 Å². The maximum Gasteiger partial charge on any atom is 0.140 e. The molecule has 0 rings (SSSR count). The SMILES string of the molecule is CC(C)C(=O)C(C)(C)C.CCCC(=O)C(C)(C)C.CCCCCCC(=O)C(C)(C)C. The summed E-state index contributed by atoms with van der Waals surface area (Å²) < 4.78 is 0. The Kier molecular flexibility index (Phi) is 17.7. The number of rotatable bonds is 8. The van der Waals surface area contributed by atoms with Crippen LogP contribution in [0.15, 0.2) is 0 Å². The fourth-order valence-electron chi connectivity index (χ4n) is 2.56. The number of carbonyl (C=O) groups excluding carboxylic acids is 3. The van der Waals surface area contributed by atoms with Crippen molar-refractivity contribution in [2.75, 3.05) is 0 Å². The molecule has 0 spiro atoms. The second-order valence-corrected chi connectivity index (χ2v) is 11.7. The summed E-state index contributed by atoms with van der Waals surface area (Å²) in [5.41, 5.74) is -0.420. The van der Waals surface area contributed by atoms with Gasteiger partial charge >= 0.3 is 0 Å². The van der Waals surface area contributed by atoms with Crippen molar-refractivity contribution in [3.8, 4) is 0 Å². The highest BCUT2D eigenvalue weighted by molar-refractivity contribution is 5.85. The average Bonchev–Trinajstić information content (AvgIpc) is 2.56. The van der Waals surface area contributed by atoms with E-state index in [2.05, 4.69) is 6.92 Å². The molecule has 180 valence electrons. The molecule has 3 nitrogen and oxygen atoms in total. The fraction of sp³-hybridized carbons (Fsp3) is 0.889. The van der Waals surface area contributed by atoms with E-state index < -0.39 is 0 Å². The summed E-state index contributed by atoms with van der Waals surface area (Å²) in [6.45, 7) is 25.8. The minimum atomic E-state index is -0.159. The van der Waals surface area contributed by atoms with Gasteiger partial charge in [-0.1, -0.05) is 109 Å². The molecule has 0 saturated heterocycles. The minimum absolute atomic E-state index is 0.129. The molecule has 0 bridgehead atoms. The highest BCUT2D eigenvalue weighted by Crippen LogP contribution is 2.20. The predicted octanol–water partition coefficient (Wildman–Crippen LogP) is 8.23. The molecule has 0 unspecified atom stereocenters. The highest BCUT2D eigenvalue weighted by Gasteiger charge is 2.23. The molecule has 0 atom stereocenters. The summed E-state index contributed by atoms with van der Waals surface area (Å²) in [5.74, 6) is 1.27. The number of hydrogen-bond donors (Lipinski definition) is 0. The summed E-state index contributed by atoms with van der Waals surface area (Å²) >= 11 is 0. The zero-order valence-corrected chi connectivity index (χ0v) is 22.8. The fourth-order valence-corrected chi connectivity index (χ4v) is 2.56. The second kappa shape index (κ2) is 15.8. The zero-order valence-electron chi connectivity index (χ0n) is 22.8. The van der Waals surface area contributed by atoms with Gasteiger partial charge in [0.05, 0.1) is 0 Å². The predicted molar refractivity (Wildman–Crippen MR) is 132 cm³/mol. The number of Topliss-reactive ketones (excluding diaryl/α,β-unsaturated/α-hetero) is 3. The lowest BCUT2D eigenvalue weighted by molar-refractivity contribution is -0.129. The van der Waals surface area contributed by atoms with Gasteiger partial charge in [0.25, 0.3) is 0 Å². The van der Waals surface area contributed by atoms with Crippen LogP contribution in [0.2, 0.25) is 0 Å². The van der Waals surface area contributed by atoms with Crippen LogP contribution in [-0.2, 0) is 14.4 Å². The van der Waals surface area contributed by atoms with Gasteiger partial charge in [0.2, 0.25) is 0 Å². The Morgan fingerprint density at radius 2 is 0.967 bits per heavy atom. The van der Waals surface area contributed by atoms with E-state index in [1.54, 1.807) is 0 Å². The summed E-state index contributed by atoms with van der Waals surface area (Å²) in [6, 6.07) is 0. The maximum atomic E-state index is 11.4. The van der Waals surface area contributed by atoms with E-state index in [4.69, 9.17) is 0 Å². The molecule has 0 fully saturated rings. The molecular weight excluding hydrogens is 372 g/mol. The third-order valence-electron chi connectivity index (χ3n) is 4.67. The Balaban J connectivity index is -0.000000371. The second-order valence-electron chi connectivity index (χ2n) is 11.7. The van der Waals surface area contributed by atoms with Crippen LogP contribution in [0.3, 0.4) is 0 Å². The van der Waals surface area contributed by atoms with E-state index in [0.29, 0.717) is 17.3 Å². The molecule has 0 aromatic carbocycles. The Bertz CT molecular complexity index is 480. The van der Waals surface area contributed by atoms with Gasteiger partial charge in [-0.05, 0) is 12.8 Å². The molecule has 0 N–H and O–H groups in total. The van der Waals surface area contributed by atoms with Gasteiger partial charge in [-0.2, -0.15) is 0 Å². The van der Waals surface area contributed by atoms with Crippen LogP contribution in [0, 0.1) is 22.2 Å². The van der Waals surface area contributed by atoms with Gasteiger partial charge in [0.15, 0.2) is 0 Å². The molecule has 0 saturated carbocycles. The normalized spacial score (nSPS) is 11.8. The molecule has 3 heteroatoms. The molecule has 0 aliphatic rings. The molecule has 0 amide bonds. The van der Waals surface area contributed by atoms with Crippen molar-refractivity contribution < 1.29 is 14.4 Å². The van der Waals surface area contributed by atoms with Crippen molar-refractivity contribution in [2.24, 2.45) is 22.2 Å². The Morgan fingerprint density at radius 3 is 1.17 bits per heavy atom. The molecule has 30 heavy (non-hydrogen) atoms. The zero-order chi connectivity index (χ0) is 24.8. The van der Waals surface area contributed by atoms with E-state index in [1.165, 1.54) is 19.3 Å². The topological polar surface area (TPSA) is 51.2 Å².